The summed E-state index contributed by atoms with van der Waals surface area (Å²) in [5.41, 5.74) is 1.54. The maximum Gasteiger partial charge on any atom is 0.223 e. The molecule has 1 saturated heterocycles. The van der Waals surface area contributed by atoms with Gasteiger partial charge in [-0.2, -0.15) is 0 Å². The number of halogens is 1. The van der Waals surface area contributed by atoms with E-state index in [1.807, 2.05) is 6.07 Å². The van der Waals surface area contributed by atoms with Crippen LogP contribution in [0.3, 0.4) is 0 Å². The third-order valence-corrected chi connectivity index (χ3v) is 4.72. The van der Waals surface area contributed by atoms with E-state index in [1.165, 1.54) is 10.0 Å². The van der Waals surface area contributed by atoms with E-state index in [1.54, 1.807) is 0 Å². The van der Waals surface area contributed by atoms with Crippen LogP contribution in [0.4, 0.5) is 0 Å². The molecule has 2 nitrogen and oxygen atoms in total. The van der Waals surface area contributed by atoms with Crippen molar-refractivity contribution in [1.82, 2.24) is 5.32 Å². The number of nitrogens with one attached hydrogen (secondary N) is 1. The predicted octanol–water partition coefficient (Wildman–Crippen LogP) is 2.62. The summed E-state index contributed by atoms with van der Waals surface area (Å²) in [6.07, 6.45) is 3.17. The number of hydrogen-bond acceptors (Lipinski definition) is 1. The van der Waals surface area contributed by atoms with Crippen molar-refractivity contribution < 1.29 is 4.79 Å². The van der Waals surface area contributed by atoms with Crippen LogP contribution >= 0.6 is 15.9 Å². The van der Waals surface area contributed by atoms with Crippen LogP contribution in [0, 0.1) is 5.92 Å². The molecular formula is C13H14BrNO. The second kappa shape index (κ2) is 3.59. The second-order valence-electron chi connectivity index (χ2n) is 4.92. The lowest BCUT2D eigenvalue weighted by Gasteiger charge is -2.34. The van der Waals surface area contributed by atoms with Gasteiger partial charge in [-0.15, -0.1) is 0 Å². The van der Waals surface area contributed by atoms with Crippen LogP contribution in [0.15, 0.2) is 28.7 Å². The summed E-state index contributed by atoms with van der Waals surface area (Å²) in [6.45, 7) is 0.797. The largest absolute Gasteiger partial charge is 0.355 e. The Bertz CT molecular complexity index is 445. The molecule has 2 bridgehead atoms. The fraction of sp³-hybridized carbons (Fsp3) is 0.462. The normalized spacial score (nSPS) is 32.6. The molecule has 84 valence electrons. The highest BCUT2D eigenvalue weighted by Crippen LogP contribution is 2.48. The fourth-order valence-corrected chi connectivity index (χ4v) is 3.85. The Morgan fingerprint density at radius 1 is 1.38 bits per heavy atom. The second-order valence-corrected chi connectivity index (χ2v) is 5.77. The molecule has 3 rings (SSSR count). The Hall–Kier alpha value is -0.830. The highest BCUT2D eigenvalue weighted by atomic mass is 79.9. The molecule has 3 heteroatoms. The minimum absolute atomic E-state index is 0.179. The van der Waals surface area contributed by atoms with E-state index in [2.05, 4.69) is 39.4 Å². The SMILES string of the molecule is O=C1NCC2(c3ccccc3Br)CCC1C2. The van der Waals surface area contributed by atoms with Crippen LogP contribution < -0.4 is 5.32 Å². The number of rotatable bonds is 1. The lowest BCUT2D eigenvalue weighted by molar-refractivity contribution is -0.126. The van der Waals surface area contributed by atoms with Crippen molar-refractivity contribution >= 4 is 21.8 Å². The Labute approximate surface area is 104 Å². The lowest BCUT2D eigenvalue weighted by atomic mass is 9.76. The molecule has 2 aliphatic rings. The van der Waals surface area contributed by atoms with E-state index in [0.717, 1.165) is 25.8 Å². The first-order chi connectivity index (χ1) is 7.71. The molecule has 1 saturated carbocycles. The predicted molar refractivity (Wildman–Crippen MR) is 66.2 cm³/mol. The van der Waals surface area contributed by atoms with Gasteiger partial charge in [-0.25, -0.2) is 0 Å². The van der Waals surface area contributed by atoms with Gasteiger partial charge < -0.3 is 5.32 Å². The summed E-state index contributed by atoms with van der Waals surface area (Å²) >= 11 is 3.63. The van der Waals surface area contributed by atoms with Crippen LogP contribution in [0.2, 0.25) is 0 Å². The zero-order valence-electron chi connectivity index (χ0n) is 9.00. The van der Waals surface area contributed by atoms with E-state index in [9.17, 15) is 4.79 Å². The molecule has 1 amide bonds. The monoisotopic (exact) mass is 279 g/mol. The minimum Gasteiger partial charge on any atom is -0.355 e. The molecule has 1 heterocycles. The van der Waals surface area contributed by atoms with Gasteiger partial charge in [0.05, 0.1) is 0 Å². The number of amides is 1. The maximum absolute atomic E-state index is 11.6. The van der Waals surface area contributed by atoms with E-state index in [0.29, 0.717) is 0 Å². The number of hydrogen-bond donors (Lipinski definition) is 1. The van der Waals surface area contributed by atoms with Crippen LogP contribution in [0.25, 0.3) is 0 Å². The van der Waals surface area contributed by atoms with E-state index >= 15 is 0 Å². The maximum atomic E-state index is 11.6. The quantitative estimate of drug-likeness (QED) is 0.841. The molecule has 1 aliphatic carbocycles. The molecule has 0 aromatic heterocycles. The molecule has 0 spiro atoms. The van der Waals surface area contributed by atoms with Crippen molar-refractivity contribution in [2.24, 2.45) is 5.92 Å². The summed E-state index contributed by atoms with van der Waals surface area (Å²) < 4.78 is 1.17. The molecule has 2 unspecified atom stereocenters. The van der Waals surface area contributed by atoms with Crippen LogP contribution in [0.1, 0.15) is 24.8 Å². The average Bonchev–Trinajstić information content (AvgIpc) is 2.66. The zero-order chi connectivity index (χ0) is 11.2. The van der Waals surface area contributed by atoms with Crippen LogP contribution in [-0.2, 0) is 10.2 Å². The van der Waals surface area contributed by atoms with Gasteiger partial charge in [0.15, 0.2) is 0 Å². The lowest BCUT2D eigenvalue weighted by Crippen LogP contribution is -2.45. The van der Waals surface area contributed by atoms with Gasteiger partial charge in [0.1, 0.15) is 0 Å². The van der Waals surface area contributed by atoms with Crippen LogP contribution in [0.5, 0.6) is 0 Å². The first kappa shape index (κ1) is 10.3. The van der Waals surface area contributed by atoms with Crippen molar-refractivity contribution in [2.75, 3.05) is 6.54 Å². The summed E-state index contributed by atoms with van der Waals surface area (Å²) in [5, 5.41) is 3.05. The first-order valence-corrected chi connectivity index (χ1v) is 6.53. The Kier molecular flexibility index (Phi) is 2.32. The number of benzene rings is 1. The van der Waals surface area contributed by atoms with Crippen molar-refractivity contribution in [3.63, 3.8) is 0 Å². The van der Waals surface area contributed by atoms with Crippen molar-refractivity contribution in [2.45, 2.75) is 24.7 Å². The summed E-state index contributed by atoms with van der Waals surface area (Å²) in [5.74, 6) is 0.487. The minimum atomic E-state index is 0.179. The number of fused-ring (bicyclic) bond motifs is 2. The topological polar surface area (TPSA) is 29.1 Å². The molecule has 1 aliphatic heterocycles. The van der Waals surface area contributed by atoms with Gasteiger partial charge in [0, 0.05) is 22.4 Å². The first-order valence-electron chi connectivity index (χ1n) is 5.74. The van der Waals surface area contributed by atoms with Gasteiger partial charge >= 0.3 is 0 Å². The number of piperidine rings is 1. The molecule has 1 N–H and O–H groups in total. The summed E-state index contributed by atoms with van der Waals surface area (Å²) in [4.78, 5) is 11.6. The van der Waals surface area contributed by atoms with Gasteiger partial charge in [-0.1, -0.05) is 34.1 Å². The molecule has 16 heavy (non-hydrogen) atoms. The van der Waals surface area contributed by atoms with Crippen molar-refractivity contribution in [1.29, 1.82) is 0 Å². The average molecular weight is 280 g/mol. The number of carbonyl (C=O) groups is 1. The van der Waals surface area contributed by atoms with Crippen molar-refractivity contribution in [3.05, 3.63) is 34.3 Å². The fourth-order valence-electron chi connectivity index (χ4n) is 3.14. The highest BCUT2D eigenvalue weighted by molar-refractivity contribution is 9.10. The van der Waals surface area contributed by atoms with Crippen LogP contribution in [-0.4, -0.2) is 12.5 Å². The zero-order valence-corrected chi connectivity index (χ0v) is 10.6. The number of carbonyl (C=O) groups excluding carboxylic acids is 1. The third-order valence-electron chi connectivity index (χ3n) is 4.03. The smallest absolute Gasteiger partial charge is 0.223 e. The summed E-state index contributed by atoms with van der Waals surface area (Å²) in [7, 11) is 0. The van der Waals surface area contributed by atoms with Gasteiger partial charge in [-0.3, -0.25) is 4.79 Å². The van der Waals surface area contributed by atoms with Crippen molar-refractivity contribution in [3.8, 4) is 0 Å². The Morgan fingerprint density at radius 3 is 3.00 bits per heavy atom. The molecule has 2 atom stereocenters. The molecular weight excluding hydrogens is 266 g/mol. The van der Waals surface area contributed by atoms with E-state index in [4.69, 9.17) is 0 Å². The van der Waals surface area contributed by atoms with E-state index < -0.39 is 0 Å². The van der Waals surface area contributed by atoms with Gasteiger partial charge in [0.25, 0.3) is 0 Å². The molecule has 1 aromatic rings. The third kappa shape index (κ3) is 1.41. The molecule has 2 fully saturated rings. The molecule has 1 aromatic carbocycles. The highest BCUT2D eigenvalue weighted by Gasteiger charge is 2.47. The summed E-state index contributed by atoms with van der Waals surface area (Å²) in [6, 6.07) is 8.40. The molecule has 0 radical (unpaired) electrons. The standard InChI is InChI=1S/C13H14BrNO/c14-11-4-2-1-3-10(11)13-6-5-9(7-13)12(16)15-8-13/h1-4,9H,5-8H2,(H,15,16). The van der Waals surface area contributed by atoms with E-state index in [-0.39, 0.29) is 17.2 Å². The van der Waals surface area contributed by atoms with Gasteiger partial charge in [0.2, 0.25) is 5.91 Å². The Balaban J connectivity index is 2.02. The van der Waals surface area contributed by atoms with Gasteiger partial charge in [-0.05, 0) is 30.9 Å². The Morgan fingerprint density at radius 2 is 2.19 bits per heavy atom.